The molecule has 2 aromatic heterocycles. The molecule has 0 atom stereocenters. The van der Waals surface area contributed by atoms with Crippen LogP contribution in [0.1, 0.15) is 11.3 Å². The summed E-state index contributed by atoms with van der Waals surface area (Å²) in [5, 5.41) is 12.6. The minimum absolute atomic E-state index is 0.338. The zero-order chi connectivity index (χ0) is 9.42. The zero-order valence-corrected chi connectivity index (χ0v) is 6.95. The van der Waals surface area contributed by atoms with Gasteiger partial charge in [0.2, 0.25) is 0 Å². The van der Waals surface area contributed by atoms with Gasteiger partial charge in [-0.15, -0.1) is 0 Å². The fourth-order valence-electron chi connectivity index (χ4n) is 1.29. The van der Waals surface area contributed by atoms with Crippen molar-refractivity contribution in [3.8, 4) is 6.07 Å². The zero-order valence-electron chi connectivity index (χ0n) is 6.95. The van der Waals surface area contributed by atoms with Crippen LogP contribution in [0.5, 0.6) is 0 Å². The van der Waals surface area contributed by atoms with Gasteiger partial charge in [-0.2, -0.15) is 10.4 Å². The molecule has 0 aliphatic heterocycles. The van der Waals surface area contributed by atoms with Crippen LogP contribution in [-0.2, 0) is 0 Å². The molecule has 0 amide bonds. The fourth-order valence-corrected chi connectivity index (χ4v) is 1.29. The molecule has 64 valence electrons. The second kappa shape index (κ2) is 2.56. The number of nitrogens with zero attached hydrogens (tertiary/aromatic N) is 3. The summed E-state index contributed by atoms with van der Waals surface area (Å²) in [4.78, 5) is 0. The van der Waals surface area contributed by atoms with Crippen molar-refractivity contribution in [2.24, 2.45) is 0 Å². The van der Waals surface area contributed by atoms with E-state index in [1.165, 1.54) is 16.6 Å². The molecule has 2 rings (SSSR count). The van der Waals surface area contributed by atoms with Crippen LogP contribution >= 0.6 is 0 Å². The lowest BCUT2D eigenvalue weighted by molar-refractivity contribution is 0.629. The monoisotopic (exact) mass is 175 g/mol. The van der Waals surface area contributed by atoms with Crippen molar-refractivity contribution in [3.63, 3.8) is 0 Å². The van der Waals surface area contributed by atoms with Gasteiger partial charge in [0.05, 0.1) is 6.20 Å². The Balaban J connectivity index is 2.97. The van der Waals surface area contributed by atoms with Crippen molar-refractivity contribution < 1.29 is 4.39 Å². The highest BCUT2D eigenvalue weighted by Gasteiger charge is 2.08. The maximum Gasteiger partial charge on any atom is 0.149 e. The topological polar surface area (TPSA) is 41.1 Å². The summed E-state index contributed by atoms with van der Waals surface area (Å²) >= 11 is 0. The molecule has 0 aromatic carbocycles. The predicted octanol–water partition coefficient (Wildman–Crippen LogP) is 1.65. The first-order valence-electron chi connectivity index (χ1n) is 3.77. The van der Waals surface area contributed by atoms with Crippen LogP contribution in [0.2, 0.25) is 0 Å². The van der Waals surface area contributed by atoms with Gasteiger partial charge in [-0.3, -0.25) is 0 Å². The number of nitriles is 1. The van der Waals surface area contributed by atoms with Gasteiger partial charge in [0.1, 0.15) is 23.1 Å². The number of rotatable bonds is 0. The van der Waals surface area contributed by atoms with Crippen LogP contribution in [0.4, 0.5) is 4.39 Å². The molecule has 0 radical (unpaired) electrons. The lowest BCUT2D eigenvalue weighted by Gasteiger charge is -1.97. The average Bonchev–Trinajstić information content (AvgIpc) is 2.50. The molecule has 0 unspecified atom stereocenters. The first kappa shape index (κ1) is 7.74. The summed E-state index contributed by atoms with van der Waals surface area (Å²) in [6, 6.07) is 4.64. The third kappa shape index (κ3) is 0.975. The Hall–Kier alpha value is -1.89. The van der Waals surface area contributed by atoms with Gasteiger partial charge in [-0.25, -0.2) is 8.91 Å². The Labute approximate surface area is 74.0 Å². The van der Waals surface area contributed by atoms with Gasteiger partial charge < -0.3 is 0 Å². The smallest absolute Gasteiger partial charge is 0.149 e. The van der Waals surface area contributed by atoms with Crippen LogP contribution < -0.4 is 0 Å². The largest absolute Gasteiger partial charge is 0.220 e. The van der Waals surface area contributed by atoms with Crippen molar-refractivity contribution in [1.29, 1.82) is 5.26 Å². The summed E-state index contributed by atoms with van der Waals surface area (Å²) in [6.45, 7) is 1.76. The van der Waals surface area contributed by atoms with Gasteiger partial charge in [0, 0.05) is 0 Å². The molecule has 0 aliphatic rings. The van der Waals surface area contributed by atoms with Gasteiger partial charge in [-0.05, 0) is 24.6 Å². The summed E-state index contributed by atoms with van der Waals surface area (Å²) in [7, 11) is 0. The summed E-state index contributed by atoms with van der Waals surface area (Å²) < 4.78 is 14.5. The highest BCUT2D eigenvalue weighted by atomic mass is 19.1. The number of aryl methyl sites for hydroxylation is 1. The van der Waals surface area contributed by atoms with Gasteiger partial charge in [-0.1, -0.05) is 0 Å². The molecule has 0 saturated heterocycles. The van der Waals surface area contributed by atoms with Crippen molar-refractivity contribution in [2.75, 3.05) is 0 Å². The molecule has 0 spiro atoms. The Morgan fingerprint density at radius 1 is 1.54 bits per heavy atom. The maximum atomic E-state index is 13.2. The van der Waals surface area contributed by atoms with Crippen LogP contribution in [0, 0.1) is 24.1 Å². The minimum atomic E-state index is -0.353. The molecule has 13 heavy (non-hydrogen) atoms. The highest BCUT2D eigenvalue weighted by Crippen LogP contribution is 2.15. The summed E-state index contributed by atoms with van der Waals surface area (Å²) in [5.41, 5.74) is 1.44. The lowest BCUT2D eigenvalue weighted by atomic mass is 10.2. The van der Waals surface area contributed by atoms with E-state index >= 15 is 0 Å². The standard InChI is InChI=1S/C9H6FN3/c1-6-5-12-13-7(4-11)2-3-8(10)9(6)13/h2-3,5H,1H3. The van der Waals surface area contributed by atoms with E-state index in [2.05, 4.69) is 5.10 Å². The number of pyridine rings is 1. The molecule has 2 heterocycles. The van der Waals surface area contributed by atoms with E-state index in [0.29, 0.717) is 11.2 Å². The van der Waals surface area contributed by atoms with E-state index in [4.69, 9.17) is 5.26 Å². The summed E-state index contributed by atoms with van der Waals surface area (Å²) in [6.07, 6.45) is 1.54. The number of halogens is 1. The molecule has 3 nitrogen and oxygen atoms in total. The molecule has 4 heteroatoms. The van der Waals surface area contributed by atoms with E-state index in [1.54, 1.807) is 13.1 Å². The van der Waals surface area contributed by atoms with Crippen molar-refractivity contribution >= 4 is 5.52 Å². The first-order chi connectivity index (χ1) is 6.24. The van der Waals surface area contributed by atoms with Crippen LogP contribution in [-0.4, -0.2) is 9.61 Å². The first-order valence-corrected chi connectivity index (χ1v) is 3.77. The second-order valence-electron chi connectivity index (χ2n) is 2.77. The Kier molecular flexibility index (Phi) is 1.52. The Morgan fingerprint density at radius 3 is 3.00 bits per heavy atom. The van der Waals surface area contributed by atoms with Crippen LogP contribution in [0.15, 0.2) is 18.3 Å². The lowest BCUT2D eigenvalue weighted by Crippen LogP contribution is -1.95. The third-order valence-corrected chi connectivity index (χ3v) is 1.91. The van der Waals surface area contributed by atoms with E-state index in [9.17, 15) is 4.39 Å². The van der Waals surface area contributed by atoms with E-state index in [0.717, 1.165) is 5.56 Å². The van der Waals surface area contributed by atoms with Gasteiger partial charge in [0.15, 0.2) is 0 Å². The number of fused-ring (bicyclic) bond motifs is 1. The average molecular weight is 175 g/mol. The quantitative estimate of drug-likeness (QED) is 0.610. The SMILES string of the molecule is Cc1cnn2c(C#N)ccc(F)c12. The minimum Gasteiger partial charge on any atom is -0.220 e. The molecule has 0 N–H and O–H groups in total. The van der Waals surface area contributed by atoms with Crippen molar-refractivity contribution in [1.82, 2.24) is 9.61 Å². The van der Waals surface area contributed by atoms with Crippen LogP contribution in [0.3, 0.4) is 0 Å². The fraction of sp³-hybridized carbons (Fsp3) is 0.111. The highest BCUT2D eigenvalue weighted by molar-refractivity contribution is 5.56. The van der Waals surface area contributed by atoms with E-state index < -0.39 is 0 Å². The second-order valence-corrected chi connectivity index (χ2v) is 2.77. The molecule has 0 fully saturated rings. The molecule has 0 aliphatic carbocycles. The number of hydrogen-bond acceptors (Lipinski definition) is 2. The molecule has 0 saturated carbocycles. The van der Waals surface area contributed by atoms with E-state index in [1.807, 2.05) is 6.07 Å². The Bertz CT molecular complexity index is 507. The van der Waals surface area contributed by atoms with Crippen molar-refractivity contribution in [3.05, 3.63) is 35.4 Å². The molecule has 2 aromatic rings. The number of aromatic nitrogens is 2. The van der Waals surface area contributed by atoms with E-state index in [-0.39, 0.29) is 5.82 Å². The number of hydrogen-bond donors (Lipinski definition) is 0. The van der Waals surface area contributed by atoms with Crippen LogP contribution in [0.25, 0.3) is 5.52 Å². The predicted molar refractivity (Wildman–Crippen MR) is 44.6 cm³/mol. The van der Waals surface area contributed by atoms with Gasteiger partial charge >= 0.3 is 0 Å². The third-order valence-electron chi connectivity index (χ3n) is 1.91. The Morgan fingerprint density at radius 2 is 2.31 bits per heavy atom. The van der Waals surface area contributed by atoms with Gasteiger partial charge in [0.25, 0.3) is 0 Å². The summed E-state index contributed by atoms with van der Waals surface area (Å²) in [5.74, 6) is -0.353. The van der Waals surface area contributed by atoms with Crippen molar-refractivity contribution in [2.45, 2.75) is 6.92 Å². The maximum absolute atomic E-state index is 13.2. The normalized spacial score (nSPS) is 10.2. The molecule has 0 bridgehead atoms. The molecular weight excluding hydrogens is 169 g/mol. The molecular formula is C9H6FN3.